The molecule has 0 spiro atoms. The van der Waals surface area contributed by atoms with Crippen molar-refractivity contribution in [2.75, 3.05) is 26.4 Å². The molecular weight excluding hydrogens is 588 g/mol. The maximum Gasteiger partial charge on any atom is 0.306 e. The molecule has 2 saturated heterocycles. The summed E-state index contributed by atoms with van der Waals surface area (Å²) in [6, 6.07) is 0. The van der Waals surface area contributed by atoms with E-state index in [0.29, 0.717) is 12.8 Å². The Morgan fingerprint density at radius 1 is 0.636 bits per heavy atom. The van der Waals surface area contributed by atoms with E-state index in [1.807, 2.05) is 6.92 Å². The van der Waals surface area contributed by atoms with Crippen LogP contribution in [0.5, 0.6) is 0 Å². The first-order valence-electron chi connectivity index (χ1n) is 15.6. The molecule has 0 radical (unpaired) electrons. The fourth-order valence-corrected chi connectivity index (χ4v) is 4.80. The predicted molar refractivity (Wildman–Crippen MR) is 151 cm³/mol. The monoisotopic (exact) mass is 640 g/mol. The summed E-state index contributed by atoms with van der Waals surface area (Å²) in [6.45, 7) is 2.22. The van der Waals surface area contributed by atoms with Crippen molar-refractivity contribution in [2.45, 2.75) is 146 Å². The number of esters is 2. The number of hydrogen-bond donors (Lipinski definition) is 7. The SMILES string of the molecule is CCCCCCC(=O)OCC(COC1OC(COC2OC(CO)C(O)C(O)C2O)C(O)C(O)C1O)OC(=O)CCCCCC. The number of carbonyl (C=O) groups is 2. The molecule has 0 aliphatic carbocycles. The van der Waals surface area contributed by atoms with E-state index in [2.05, 4.69) is 6.92 Å². The summed E-state index contributed by atoms with van der Waals surface area (Å²) in [5.41, 5.74) is 0. The van der Waals surface area contributed by atoms with Crippen LogP contribution in [0.15, 0.2) is 0 Å². The van der Waals surface area contributed by atoms with Crippen molar-refractivity contribution in [2.24, 2.45) is 0 Å². The lowest BCUT2D eigenvalue weighted by Crippen LogP contribution is -2.61. The Bertz CT molecular complexity index is 814. The van der Waals surface area contributed by atoms with Gasteiger partial charge in [-0.15, -0.1) is 0 Å². The van der Waals surface area contributed by atoms with E-state index in [0.717, 1.165) is 38.5 Å². The molecule has 0 saturated carbocycles. The van der Waals surface area contributed by atoms with Crippen LogP contribution in [-0.4, -0.2) is 142 Å². The third kappa shape index (κ3) is 12.4. The van der Waals surface area contributed by atoms with Gasteiger partial charge in [-0.25, -0.2) is 0 Å². The highest BCUT2D eigenvalue weighted by Crippen LogP contribution is 2.26. The molecule has 0 amide bonds. The van der Waals surface area contributed by atoms with E-state index in [9.17, 15) is 45.3 Å². The first kappa shape index (κ1) is 38.7. The van der Waals surface area contributed by atoms with Crippen molar-refractivity contribution < 1.29 is 73.8 Å². The Morgan fingerprint density at radius 3 is 1.73 bits per heavy atom. The Labute approximate surface area is 258 Å². The van der Waals surface area contributed by atoms with E-state index in [4.69, 9.17) is 28.4 Å². The molecule has 7 N–H and O–H groups in total. The third-order valence-corrected chi connectivity index (χ3v) is 7.59. The largest absolute Gasteiger partial charge is 0.462 e. The molecule has 2 aliphatic heterocycles. The standard InChI is InChI=1S/C29H52O15/c1-3-5-7-9-11-20(31)39-14-17(42-21(32)12-10-8-6-4-2)15-40-28-27(38)25(36)23(34)19(44-28)16-41-29-26(37)24(35)22(33)18(13-30)43-29/h17-19,22-30,33-38H,3-16H2,1-2H3. The number of carbonyl (C=O) groups excluding carboxylic acids is 2. The molecule has 258 valence electrons. The quantitative estimate of drug-likeness (QED) is 0.0626. The van der Waals surface area contributed by atoms with Crippen LogP contribution >= 0.6 is 0 Å². The summed E-state index contributed by atoms with van der Waals surface area (Å²) >= 11 is 0. The molecule has 15 nitrogen and oxygen atoms in total. The molecule has 0 aromatic carbocycles. The number of aliphatic hydroxyl groups excluding tert-OH is 7. The fourth-order valence-electron chi connectivity index (χ4n) is 4.80. The first-order chi connectivity index (χ1) is 21.0. The summed E-state index contributed by atoms with van der Waals surface area (Å²) in [5.74, 6) is -0.969. The second-order valence-corrected chi connectivity index (χ2v) is 11.3. The Hall–Kier alpha value is -1.50. The number of rotatable bonds is 20. The van der Waals surface area contributed by atoms with Gasteiger partial charge in [-0.1, -0.05) is 52.4 Å². The molecule has 0 aromatic rings. The van der Waals surface area contributed by atoms with Crippen LogP contribution in [0.3, 0.4) is 0 Å². The molecule has 2 rings (SSSR count). The van der Waals surface area contributed by atoms with Gasteiger partial charge in [0.1, 0.15) is 55.4 Å². The zero-order valence-corrected chi connectivity index (χ0v) is 25.6. The highest BCUT2D eigenvalue weighted by Gasteiger charge is 2.47. The van der Waals surface area contributed by atoms with Crippen LogP contribution in [0.2, 0.25) is 0 Å². The van der Waals surface area contributed by atoms with Crippen LogP contribution < -0.4 is 0 Å². The minimum Gasteiger partial charge on any atom is -0.462 e. The summed E-state index contributed by atoms with van der Waals surface area (Å²) in [5, 5.41) is 70.8. The fraction of sp³-hybridized carbons (Fsp3) is 0.931. The summed E-state index contributed by atoms with van der Waals surface area (Å²) in [4.78, 5) is 24.7. The third-order valence-electron chi connectivity index (χ3n) is 7.59. The minimum absolute atomic E-state index is 0.159. The molecule has 2 heterocycles. The van der Waals surface area contributed by atoms with Gasteiger partial charge >= 0.3 is 11.9 Å². The van der Waals surface area contributed by atoms with Crippen molar-refractivity contribution in [3.8, 4) is 0 Å². The van der Waals surface area contributed by atoms with E-state index >= 15 is 0 Å². The van der Waals surface area contributed by atoms with Crippen LogP contribution in [-0.2, 0) is 38.0 Å². The Morgan fingerprint density at radius 2 is 1.16 bits per heavy atom. The second-order valence-electron chi connectivity index (χ2n) is 11.3. The summed E-state index contributed by atoms with van der Waals surface area (Å²) in [7, 11) is 0. The molecule has 2 fully saturated rings. The average molecular weight is 641 g/mol. The van der Waals surface area contributed by atoms with Crippen molar-refractivity contribution in [3.05, 3.63) is 0 Å². The summed E-state index contributed by atoms with van der Waals surface area (Å²) in [6.07, 6.45) is -9.40. The number of unbranched alkanes of at least 4 members (excludes halogenated alkanes) is 6. The number of hydrogen-bond acceptors (Lipinski definition) is 15. The van der Waals surface area contributed by atoms with Gasteiger partial charge in [0, 0.05) is 12.8 Å². The zero-order chi connectivity index (χ0) is 32.6. The molecule has 0 bridgehead atoms. The van der Waals surface area contributed by atoms with Gasteiger partial charge in [0.05, 0.1) is 19.8 Å². The molecule has 0 aromatic heterocycles. The first-order valence-corrected chi connectivity index (χ1v) is 15.6. The van der Waals surface area contributed by atoms with E-state index in [-0.39, 0.29) is 26.1 Å². The van der Waals surface area contributed by atoms with Crippen molar-refractivity contribution in [1.82, 2.24) is 0 Å². The molecule has 2 aliphatic rings. The molecular formula is C29H52O15. The normalized spacial score (nSPS) is 33.1. The molecule has 11 unspecified atom stereocenters. The highest BCUT2D eigenvalue weighted by atomic mass is 16.7. The Kier molecular flexibility index (Phi) is 18.1. The number of aliphatic hydroxyl groups is 7. The topological polar surface area (TPSA) is 231 Å². The van der Waals surface area contributed by atoms with Gasteiger partial charge in [0.25, 0.3) is 0 Å². The summed E-state index contributed by atoms with van der Waals surface area (Å²) < 4.78 is 32.7. The Balaban J connectivity index is 1.98. The minimum atomic E-state index is -1.75. The number of ether oxygens (including phenoxy) is 6. The maximum absolute atomic E-state index is 12.4. The van der Waals surface area contributed by atoms with Crippen LogP contribution in [0.25, 0.3) is 0 Å². The lowest BCUT2D eigenvalue weighted by molar-refractivity contribution is -0.332. The smallest absolute Gasteiger partial charge is 0.306 e. The predicted octanol–water partition coefficient (Wildman–Crippen LogP) is -0.977. The molecule has 44 heavy (non-hydrogen) atoms. The lowest BCUT2D eigenvalue weighted by Gasteiger charge is -2.42. The molecule has 15 heteroatoms. The lowest BCUT2D eigenvalue weighted by atomic mass is 9.98. The van der Waals surface area contributed by atoms with Crippen molar-refractivity contribution >= 4 is 11.9 Å². The van der Waals surface area contributed by atoms with E-state index in [1.54, 1.807) is 0 Å². The van der Waals surface area contributed by atoms with Crippen molar-refractivity contribution in [3.63, 3.8) is 0 Å². The van der Waals surface area contributed by atoms with Gasteiger partial charge in [-0.2, -0.15) is 0 Å². The van der Waals surface area contributed by atoms with Crippen LogP contribution in [0.1, 0.15) is 78.1 Å². The molecule has 11 atom stereocenters. The highest BCUT2D eigenvalue weighted by molar-refractivity contribution is 5.70. The van der Waals surface area contributed by atoms with Crippen LogP contribution in [0.4, 0.5) is 0 Å². The van der Waals surface area contributed by atoms with E-state index in [1.165, 1.54) is 0 Å². The van der Waals surface area contributed by atoms with Gasteiger partial charge in [-0.05, 0) is 12.8 Å². The van der Waals surface area contributed by atoms with Gasteiger partial charge in [0.15, 0.2) is 18.7 Å². The maximum atomic E-state index is 12.4. The van der Waals surface area contributed by atoms with Gasteiger partial charge in [-0.3, -0.25) is 9.59 Å². The second kappa shape index (κ2) is 20.6. The van der Waals surface area contributed by atoms with Gasteiger partial charge in [0.2, 0.25) is 0 Å². The average Bonchev–Trinajstić information content (AvgIpc) is 3.01. The zero-order valence-electron chi connectivity index (χ0n) is 25.6. The van der Waals surface area contributed by atoms with E-state index < -0.39 is 92.7 Å². The van der Waals surface area contributed by atoms with Crippen molar-refractivity contribution in [1.29, 1.82) is 0 Å². The van der Waals surface area contributed by atoms with Gasteiger partial charge < -0.3 is 64.2 Å². The van der Waals surface area contributed by atoms with Crippen LogP contribution in [0, 0.1) is 0 Å².